The van der Waals surface area contributed by atoms with E-state index in [-0.39, 0.29) is 5.69 Å². The average Bonchev–Trinajstić information content (AvgIpc) is 2.46. The number of nitrogens with one attached hydrogen (secondary N) is 1. The molecule has 1 aromatic carbocycles. The Morgan fingerprint density at radius 1 is 1.05 bits per heavy atom. The van der Waals surface area contributed by atoms with Crippen LogP contribution in [0.15, 0.2) is 42.5 Å². The molecule has 0 unspecified atom stereocenters. The highest BCUT2D eigenvalue weighted by Gasteiger charge is 2.09. The molecular weight excluding hydrogens is 280 g/mol. The number of aromatic nitrogens is 2. The molecule has 0 aliphatic heterocycles. The lowest BCUT2D eigenvalue weighted by molar-refractivity contribution is -0.384. The highest BCUT2D eigenvalue weighted by Crippen LogP contribution is 2.27. The van der Waals surface area contributed by atoms with E-state index < -0.39 is 4.92 Å². The molecule has 6 heteroatoms. The molecule has 0 radical (unpaired) electrons. The molecule has 0 aliphatic rings. The van der Waals surface area contributed by atoms with Crippen LogP contribution < -0.4 is 5.32 Å². The third-order valence-corrected chi connectivity index (χ3v) is 3.28. The van der Waals surface area contributed by atoms with Gasteiger partial charge < -0.3 is 5.32 Å². The normalized spacial score (nSPS) is 10.6. The summed E-state index contributed by atoms with van der Waals surface area (Å²) in [6.45, 7) is 3.80. The molecule has 0 amide bonds. The van der Waals surface area contributed by atoms with Crippen molar-refractivity contribution in [2.24, 2.45) is 0 Å². The number of pyridine rings is 2. The number of nitro groups is 1. The summed E-state index contributed by atoms with van der Waals surface area (Å²) in [5.41, 5.74) is 3.92. The van der Waals surface area contributed by atoms with Gasteiger partial charge in [0.1, 0.15) is 0 Å². The Morgan fingerprint density at radius 2 is 1.82 bits per heavy atom. The van der Waals surface area contributed by atoms with Crippen LogP contribution in [0.4, 0.5) is 17.1 Å². The quantitative estimate of drug-likeness (QED) is 0.585. The van der Waals surface area contributed by atoms with Gasteiger partial charge in [0, 0.05) is 34.6 Å². The molecular formula is C16H14N4O2. The average molecular weight is 294 g/mol. The van der Waals surface area contributed by atoms with Crippen molar-refractivity contribution < 1.29 is 4.92 Å². The van der Waals surface area contributed by atoms with Gasteiger partial charge in [0.25, 0.3) is 5.69 Å². The van der Waals surface area contributed by atoms with Crippen molar-refractivity contribution in [2.45, 2.75) is 13.8 Å². The molecule has 6 nitrogen and oxygen atoms in total. The van der Waals surface area contributed by atoms with E-state index in [1.165, 1.54) is 12.1 Å². The maximum Gasteiger partial charge on any atom is 0.271 e. The van der Waals surface area contributed by atoms with Crippen molar-refractivity contribution in [3.05, 3.63) is 64.0 Å². The summed E-state index contributed by atoms with van der Waals surface area (Å²) < 4.78 is 0. The molecule has 22 heavy (non-hydrogen) atoms. The van der Waals surface area contributed by atoms with Crippen LogP contribution in [-0.4, -0.2) is 14.9 Å². The third-order valence-electron chi connectivity index (χ3n) is 3.28. The number of hydrogen-bond donors (Lipinski definition) is 1. The number of hydrogen-bond acceptors (Lipinski definition) is 5. The van der Waals surface area contributed by atoms with Crippen LogP contribution in [0, 0.1) is 24.0 Å². The zero-order chi connectivity index (χ0) is 15.7. The van der Waals surface area contributed by atoms with E-state index in [0.717, 1.165) is 22.5 Å². The van der Waals surface area contributed by atoms with Crippen molar-refractivity contribution in [2.75, 3.05) is 5.32 Å². The maximum atomic E-state index is 10.9. The number of non-ortho nitro benzene ring substituents is 1. The summed E-state index contributed by atoms with van der Waals surface area (Å²) >= 11 is 0. The number of anilines is 2. The van der Waals surface area contributed by atoms with E-state index in [1.54, 1.807) is 12.1 Å². The van der Waals surface area contributed by atoms with E-state index in [0.29, 0.717) is 11.3 Å². The lowest BCUT2D eigenvalue weighted by Crippen LogP contribution is -1.97. The fraction of sp³-hybridized carbons (Fsp3) is 0.125. The fourth-order valence-electron chi connectivity index (χ4n) is 2.28. The van der Waals surface area contributed by atoms with Crippen molar-refractivity contribution in [3.8, 4) is 0 Å². The van der Waals surface area contributed by atoms with Gasteiger partial charge in [-0.05, 0) is 38.1 Å². The van der Waals surface area contributed by atoms with Crippen LogP contribution in [0.5, 0.6) is 0 Å². The smallest absolute Gasteiger partial charge is 0.271 e. The summed E-state index contributed by atoms with van der Waals surface area (Å²) in [6.07, 6.45) is 0. The molecule has 0 bridgehead atoms. The van der Waals surface area contributed by atoms with Gasteiger partial charge in [-0.3, -0.25) is 10.1 Å². The van der Waals surface area contributed by atoms with Gasteiger partial charge in [0.2, 0.25) is 0 Å². The molecule has 0 saturated carbocycles. The van der Waals surface area contributed by atoms with E-state index in [1.807, 2.05) is 32.0 Å². The lowest BCUT2D eigenvalue weighted by Gasteiger charge is -2.10. The monoisotopic (exact) mass is 294 g/mol. The van der Waals surface area contributed by atoms with Crippen LogP contribution in [0.25, 0.3) is 11.0 Å². The predicted molar refractivity (Wildman–Crippen MR) is 85.4 cm³/mol. The Bertz CT molecular complexity index is 872. The van der Waals surface area contributed by atoms with E-state index in [2.05, 4.69) is 15.3 Å². The predicted octanol–water partition coefficient (Wildman–Crippen LogP) is 3.90. The number of aryl methyl sites for hydroxylation is 2. The first-order chi connectivity index (χ1) is 10.5. The first-order valence-corrected chi connectivity index (χ1v) is 6.79. The first-order valence-electron chi connectivity index (χ1n) is 6.79. The maximum absolute atomic E-state index is 10.9. The van der Waals surface area contributed by atoms with Crippen molar-refractivity contribution in [1.29, 1.82) is 0 Å². The Hall–Kier alpha value is -3.02. The van der Waals surface area contributed by atoms with E-state index in [9.17, 15) is 10.1 Å². The molecule has 0 fully saturated rings. The minimum absolute atomic E-state index is 0.0500. The molecule has 2 aromatic heterocycles. The Balaban J connectivity index is 2.07. The van der Waals surface area contributed by atoms with Gasteiger partial charge in [0.15, 0.2) is 5.65 Å². The minimum Gasteiger partial charge on any atom is -0.355 e. The van der Waals surface area contributed by atoms with Gasteiger partial charge in [-0.2, -0.15) is 0 Å². The Morgan fingerprint density at radius 3 is 2.59 bits per heavy atom. The second kappa shape index (κ2) is 5.40. The summed E-state index contributed by atoms with van der Waals surface area (Å²) in [6, 6.07) is 12.2. The van der Waals surface area contributed by atoms with Gasteiger partial charge in [0.05, 0.1) is 10.6 Å². The first kappa shape index (κ1) is 13.9. The summed E-state index contributed by atoms with van der Waals surface area (Å²) in [4.78, 5) is 19.3. The summed E-state index contributed by atoms with van der Waals surface area (Å²) in [7, 11) is 0. The second-order valence-corrected chi connectivity index (χ2v) is 5.07. The number of benzene rings is 1. The molecule has 0 atom stereocenters. The Labute approximate surface area is 127 Å². The molecule has 3 rings (SSSR count). The molecule has 0 aliphatic carbocycles. The molecule has 3 aromatic rings. The van der Waals surface area contributed by atoms with Crippen molar-refractivity contribution in [1.82, 2.24) is 9.97 Å². The molecule has 110 valence electrons. The molecule has 1 N–H and O–H groups in total. The van der Waals surface area contributed by atoms with Crippen LogP contribution in [0.1, 0.15) is 11.4 Å². The van der Waals surface area contributed by atoms with Crippen molar-refractivity contribution >= 4 is 28.1 Å². The van der Waals surface area contributed by atoms with E-state index >= 15 is 0 Å². The molecule has 2 heterocycles. The molecule has 0 saturated heterocycles. The zero-order valence-electron chi connectivity index (χ0n) is 12.2. The standard InChI is InChI=1S/C16H14N4O2/c1-10-6-7-14-15(8-11(2)18-16(14)17-10)19-12-4-3-5-13(9-12)20(21)22/h3-9H,1-2H3,(H,17,18,19). The fourth-order valence-corrected chi connectivity index (χ4v) is 2.28. The number of rotatable bonds is 3. The van der Waals surface area contributed by atoms with Crippen LogP contribution in [0.2, 0.25) is 0 Å². The van der Waals surface area contributed by atoms with Gasteiger partial charge >= 0.3 is 0 Å². The van der Waals surface area contributed by atoms with Gasteiger partial charge in [-0.1, -0.05) is 6.07 Å². The zero-order valence-corrected chi connectivity index (χ0v) is 12.2. The number of nitrogens with zero attached hydrogens (tertiary/aromatic N) is 3. The van der Waals surface area contributed by atoms with Crippen LogP contribution in [-0.2, 0) is 0 Å². The van der Waals surface area contributed by atoms with Crippen LogP contribution in [0.3, 0.4) is 0 Å². The number of fused-ring (bicyclic) bond motifs is 1. The van der Waals surface area contributed by atoms with Gasteiger partial charge in [-0.15, -0.1) is 0 Å². The summed E-state index contributed by atoms with van der Waals surface area (Å²) in [5.74, 6) is 0. The minimum atomic E-state index is -0.411. The lowest BCUT2D eigenvalue weighted by atomic mass is 10.2. The van der Waals surface area contributed by atoms with Crippen LogP contribution >= 0.6 is 0 Å². The SMILES string of the molecule is Cc1ccc2c(Nc3cccc([N+](=O)[O-])c3)cc(C)nc2n1. The van der Waals surface area contributed by atoms with Gasteiger partial charge in [-0.25, -0.2) is 9.97 Å². The topological polar surface area (TPSA) is 81.0 Å². The Kier molecular flexibility index (Phi) is 3.42. The number of nitro benzene ring substituents is 1. The second-order valence-electron chi connectivity index (χ2n) is 5.07. The van der Waals surface area contributed by atoms with E-state index in [4.69, 9.17) is 0 Å². The molecule has 0 spiro atoms. The highest BCUT2D eigenvalue weighted by molar-refractivity contribution is 5.91. The largest absolute Gasteiger partial charge is 0.355 e. The highest BCUT2D eigenvalue weighted by atomic mass is 16.6. The third kappa shape index (κ3) is 2.71. The summed E-state index contributed by atoms with van der Waals surface area (Å²) in [5, 5.41) is 15.0. The van der Waals surface area contributed by atoms with Crippen molar-refractivity contribution in [3.63, 3.8) is 0 Å².